The first kappa shape index (κ1) is 16.6. The van der Waals surface area contributed by atoms with Crippen LogP contribution in [0, 0.1) is 5.82 Å². The Morgan fingerprint density at radius 1 is 1.00 bits per heavy atom. The van der Waals surface area contributed by atoms with Crippen molar-refractivity contribution in [2.45, 2.75) is 0 Å². The van der Waals surface area contributed by atoms with Crippen molar-refractivity contribution in [1.29, 1.82) is 0 Å². The number of halogens is 1. The van der Waals surface area contributed by atoms with Crippen molar-refractivity contribution < 1.29 is 28.1 Å². The predicted octanol–water partition coefficient (Wildman–Crippen LogP) is 1.66. The maximum absolute atomic E-state index is 13.3. The number of carbonyl (C=O) groups is 1. The zero-order valence-corrected chi connectivity index (χ0v) is 11.5. The first-order valence-corrected chi connectivity index (χ1v) is 6.31. The van der Waals surface area contributed by atoms with Crippen LogP contribution in [0.25, 0.3) is 0 Å². The van der Waals surface area contributed by atoms with Gasteiger partial charge < -0.3 is 18.9 Å². The molecule has 0 saturated heterocycles. The first-order valence-electron chi connectivity index (χ1n) is 6.31. The molecule has 0 aliphatic heterocycles. The summed E-state index contributed by atoms with van der Waals surface area (Å²) in [4.78, 5) is 11.5. The SMILES string of the molecule is COCCOCCOCCOC(=O)c1ccccc1F. The van der Waals surface area contributed by atoms with E-state index in [1.54, 1.807) is 13.2 Å². The number of esters is 1. The van der Waals surface area contributed by atoms with Gasteiger partial charge >= 0.3 is 5.97 Å². The van der Waals surface area contributed by atoms with E-state index in [1.165, 1.54) is 18.2 Å². The quantitative estimate of drug-likeness (QED) is 0.483. The van der Waals surface area contributed by atoms with Gasteiger partial charge in [0.05, 0.1) is 38.6 Å². The van der Waals surface area contributed by atoms with Crippen LogP contribution in [0.5, 0.6) is 0 Å². The van der Waals surface area contributed by atoms with E-state index in [9.17, 15) is 9.18 Å². The summed E-state index contributed by atoms with van der Waals surface area (Å²) in [6.07, 6.45) is 0. The zero-order valence-electron chi connectivity index (χ0n) is 11.5. The maximum atomic E-state index is 13.3. The van der Waals surface area contributed by atoms with Crippen LogP contribution in [-0.2, 0) is 18.9 Å². The summed E-state index contributed by atoms with van der Waals surface area (Å²) in [7, 11) is 1.60. The summed E-state index contributed by atoms with van der Waals surface area (Å²) in [5.74, 6) is -1.28. The largest absolute Gasteiger partial charge is 0.460 e. The minimum absolute atomic E-state index is 0.0737. The van der Waals surface area contributed by atoms with Crippen LogP contribution in [0.15, 0.2) is 24.3 Å². The van der Waals surface area contributed by atoms with Crippen molar-refractivity contribution in [1.82, 2.24) is 0 Å². The molecule has 1 aromatic carbocycles. The van der Waals surface area contributed by atoms with Gasteiger partial charge in [0, 0.05) is 7.11 Å². The monoisotopic (exact) mass is 286 g/mol. The number of rotatable bonds is 10. The summed E-state index contributed by atoms with van der Waals surface area (Å²) < 4.78 is 33.3. The molecule has 0 aliphatic rings. The van der Waals surface area contributed by atoms with E-state index in [4.69, 9.17) is 18.9 Å². The van der Waals surface area contributed by atoms with Gasteiger partial charge in [-0.1, -0.05) is 12.1 Å². The third-order valence-electron chi connectivity index (χ3n) is 2.36. The van der Waals surface area contributed by atoms with Crippen molar-refractivity contribution in [3.63, 3.8) is 0 Å². The highest BCUT2D eigenvalue weighted by molar-refractivity contribution is 5.89. The number of hydrogen-bond donors (Lipinski definition) is 0. The van der Waals surface area contributed by atoms with Gasteiger partial charge in [-0.2, -0.15) is 0 Å². The van der Waals surface area contributed by atoms with E-state index in [2.05, 4.69) is 0 Å². The standard InChI is InChI=1S/C14H19FO5/c1-17-6-7-18-8-9-19-10-11-20-14(16)12-4-2-3-5-13(12)15/h2-5H,6-11H2,1H3. The summed E-state index contributed by atoms with van der Waals surface area (Å²) in [5, 5.41) is 0. The minimum atomic E-state index is -0.692. The fourth-order valence-corrected chi connectivity index (χ4v) is 1.36. The maximum Gasteiger partial charge on any atom is 0.341 e. The highest BCUT2D eigenvalue weighted by atomic mass is 19.1. The van der Waals surface area contributed by atoms with Gasteiger partial charge in [0.25, 0.3) is 0 Å². The van der Waals surface area contributed by atoms with Gasteiger partial charge in [-0.25, -0.2) is 9.18 Å². The van der Waals surface area contributed by atoms with E-state index >= 15 is 0 Å². The van der Waals surface area contributed by atoms with Gasteiger partial charge in [0.1, 0.15) is 12.4 Å². The van der Waals surface area contributed by atoms with Crippen molar-refractivity contribution in [2.24, 2.45) is 0 Å². The second-order valence-electron chi connectivity index (χ2n) is 3.83. The van der Waals surface area contributed by atoms with Crippen LogP contribution >= 0.6 is 0 Å². The van der Waals surface area contributed by atoms with Crippen molar-refractivity contribution in [3.05, 3.63) is 35.6 Å². The van der Waals surface area contributed by atoms with Crippen LogP contribution in [0.4, 0.5) is 4.39 Å². The van der Waals surface area contributed by atoms with E-state index in [0.717, 1.165) is 0 Å². The van der Waals surface area contributed by atoms with Crippen molar-refractivity contribution in [3.8, 4) is 0 Å². The highest BCUT2D eigenvalue weighted by Gasteiger charge is 2.11. The fourth-order valence-electron chi connectivity index (χ4n) is 1.36. The molecule has 0 unspecified atom stereocenters. The molecule has 5 nitrogen and oxygen atoms in total. The summed E-state index contributed by atoms with van der Waals surface area (Å²) in [6.45, 7) is 2.23. The molecule has 1 rings (SSSR count). The molecule has 0 radical (unpaired) electrons. The molecule has 0 saturated carbocycles. The Hall–Kier alpha value is -1.50. The molecule has 0 heterocycles. The number of benzene rings is 1. The Morgan fingerprint density at radius 2 is 1.60 bits per heavy atom. The average Bonchev–Trinajstić information content (AvgIpc) is 2.46. The van der Waals surface area contributed by atoms with Gasteiger partial charge in [0.15, 0.2) is 0 Å². The third-order valence-corrected chi connectivity index (χ3v) is 2.36. The molecule has 112 valence electrons. The smallest absolute Gasteiger partial charge is 0.341 e. The van der Waals surface area contributed by atoms with Crippen LogP contribution < -0.4 is 0 Å². The number of carbonyl (C=O) groups excluding carboxylic acids is 1. The van der Waals surface area contributed by atoms with Crippen molar-refractivity contribution >= 4 is 5.97 Å². The molecule has 0 spiro atoms. The first-order chi connectivity index (χ1) is 9.75. The molecule has 0 bridgehead atoms. The third kappa shape index (κ3) is 6.60. The average molecular weight is 286 g/mol. The second kappa shape index (κ2) is 10.3. The Kier molecular flexibility index (Phi) is 8.53. The molecule has 0 fully saturated rings. The lowest BCUT2D eigenvalue weighted by Crippen LogP contribution is -2.14. The summed E-state index contributed by atoms with van der Waals surface area (Å²) in [5.41, 5.74) is -0.0737. The minimum Gasteiger partial charge on any atom is -0.460 e. The van der Waals surface area contributed by atoms with E-state index in [-0.39, 0.29) is 18.8 Å². The molecule has 20 heavy (non-hydrogen) atoms. The van der Waals surface area contributed by atoms with Crippen LogP contribution in [0.1, 0.15) is 10.4 Å². The molecule has 1 aromatic rings. The van der Waals surface area contributed by atoms with E-state index in [0.29, 0.717) is 26.4 Å². The molecule has 0 amide bonds. The van der Waals surface area contributed by atoms with E-state index in [1.807, 2.05) is 0 Å². The number of ether oxygens (including phenoxy) is 4. The molecular formula is C14H19FO5. The highest BCUT2D eigenvalue weighted by Crippen LogP contribution is 2.07. The zero-order chi connectivity index (χ0) is 14.6. The Bertz CT molecular complexity index is 397. The van der Waals surface area contributed by atoms with Gasteiger partial charge in [-0.15, -0.1) is 0 Å². The molecule has 0 atom stereocenters. The van der Waals surface area contributed by atoms with Crippen LogP contribution in [0.2, 0.25) is 0 Å². The second-order valence-corrected chi connectivity index (χ2v) is 3.83. The predicted molar refractivity (Wildman–Crippen MR) is 70.2 cm³/mol. The molecular weight excluding hydrogens is 267 g/mol. The number of hydrogen-bond acceptors (Lipinski definition) is 5. The molecule has 0 N–H and O–H groups in total. The van der Waals surface area contributed by atoms with Gasteiger partial charge in [-0.05, 0) is 12.1 Å². The lowest BCUT2D eigenvalue weighted by atomic mass is 10.2. The Balaban J connectivity index is 2.04. The topological polar surface area (TPSA) is 54.0 Å². The summed E-state index contributed by atoms with van der Waals surface area (Å²) >= 11 is 0. The Morgan fingerprint density at radius 3 is 2.25 bits per heavy atom. The van der Waals surface area contributed by atoms with Crippen molar-refractivity contribution in [2.75, 3.05) is 46.8 Å². The molecule has 0 aliphatic carbocycles. The fraction of sp³-hybridized carbons (Fsp3) is 0.500. The van der Waals surface area contributed by atoms with Gasteiger partial charge in [0.2, 0.25) is 0 Å². The van der Waals surface area contributed by atoms with Crippen LogP contribution in [-0.4, -0.2) is 52.7 Å². The molecule has 0 aromatic heterocycles. The van der Waals surface area contributed by atoms with Gasteiger partial charge in [-0.3, -0.25) is 0 Å². The lowest BCUT2D eigenvalue weighted by molar-refractivity contribution is 0.00554. The lowest BCUT2D eigenvalue weighted by Gasteiger charge is -2.07. The van der Waals surface area contributed by atoms with E-state index < -0.39 is 11.8 Å². The summed E-state index contributed by atoms with van der Waals surface area (Å²) in [6, 6.07) is 5.68. The number of methoxy groups -OCH3 is 1. The van der Waals surface area contributed by atoms with Crippen LogP contribution in [0.3, 0.4) is 0 Å². The molecule has 6 heteroatoms. The normalized spacial score (nSPS) is 10.5. The Labute approximate surface area is 117 Å².